The zero-order valence-corrected chi connectivity index (χ0v) is 22.5. The van der Waals surface area contributed by atoms with Gasteiger partial charge in [0.2, 0.25) is 0 Å². The summed E-state index contributed by atoms with van der Waals surface area (Å²) in [5.41, 5.74) is 11.6. The summed E-state index contributed by atoms with van der Waals surface area (Å²) in [4.78, 5) is 2.35. The molecule has 5 rings (SSSR count). The molecular weight excluding hydrogens is 462 g/mol. The molecule has 0 N–H and O–H groups in total. The van der Waals surface area contributed by atoms with Crippen LogP contribution in [0.2, 0.25) is 0 Å². The predicted molar refractivity (Wildman–Crippen MR) is 163 cm³/mol. The Morgan fingerprint density at radius 3 is 1.42 bits per heavy atom. The number of anilines is 5. The standard InChI is InChI=1S/C35H33N3/c1-26-15-21-34(28(3)23-26)37(35-22-16-27(2)24-29(35)4)31-19-17-30(18-20-31)25-36-38(32-11-7-5-8-12-32)33-13-9-6-10-14-33/h5-25H,1-4H3. The minimum absolute atomic E-state index is 1.02. The summed E-state index contributed by atoms with van der Waals surface area (Å²) < 4.78 is 0. The van der Waals surface area contributed by atoms with Gasteiger partial charge in [0.05, 0.1) is 17.6 Å². The molecule has 0 spiro atoms. The van der Waals surface area contributed by atoms with E-state index >= 15 is 0 Å². The minimum Gasteiger partial charge on any atom is -0.310 e. The molecule has 0 unspecified atom stereocenters. The number of benzene rings is 5. The van der Waals surface area contributed by atoms with Crippen LogP contribution < -0.4 is 9.91 Å². The third-order valence-electron chi connectivity index (χ3n) is 6.66. The fourth-order valence-corrected chi connectivity index (χ4v) is 4.78. The molecule has 0 saturated carbocycles. The summed E-state index contributed by atoms with van der Waals surface area (Å²) in [6, 6.07) is 42.4. The van der Waals surface area contributed by atoms with Gasteiger partial charge in [-0.05, 0) is 92.9 Å². The zero-order chi connectivity index (χ0) is 26.5. The fraction of sp³-hybridized carbons (Fsp3) is 0.114. The van der Waals surface area contributed by atoms with Crippen LogP contribution in [0.15, 0.2) is 126 Å². The van der Waals surface area contributed by atoms with Crippen LogP contribution in [0.3, 0.4) is 0 Å². The summed E-state index contributed by atoms with van der Waals surface area (Å²) in [6.07, 6.45) is 1.92. The summed E-state index contributed by atoms with van der Waals surface area (Å²) in [6.45, 7) is 8.64. The van der Waals surface area contributed by atoms with Gasteiger partial charge in [-0.15, -0.1) is 0 Å². The Kier molecular flexibility index (Phi) is 7.37. The molecule has 0 aliphatic carbocycles. The Morgan fingerprint density at radius 2 is 0.974 bits per heavy atom. The van der Waals surface area contributed by atoms with E-state index in [9.17, 15) is 0 Å². The lowest BCUT2D eigenvalue weighted by Gasteiger charge is -2.29. The van der Waals surface area contributed by atoms with E-state index in [-0.39, 0.29) is 0 Å². The SMILES string of the molecule is Cc1ccc(N(c2ccc(C=NN(c3ccccc3)c3ccccc3)cc2)c2ccc(C)cc2C)c(C)c1. The van der Waals surface area contributed by atoms with Gasteiger partial charge in [0, 0.05) is 17.1 Å². The highest BCUT2D eigenvalue weighted by Crippen LogP contribution is 2.38. The maximum absolute atomic E-state index is 4.87. The lowest BCUT2D eigenvalue weighted by atomic mass is 10.0. The number of para-hydroxylation sites is 2. The molecule has 3 nitrogen and oxygen atoms in total. The number of hydrogen-bond donors (Lipinski definition) is 0. The molecule has 188 valence electrons. The second kappa shape index (κ2) is 11.2. The van der Waals surface area contributed by atoms with Crippen LogP contribution in [0.1, 0.15) is 27.8 Å². The minimum atomic E-state index is 1.02. The van der Waals surface area contributed by atoms with E-state index in [4.69, 9.17) is 5.10 Å². The molecule has 38 heavy (non-hydrogen) atoms. The van der Waals surface area contributed by atoms with Crippen molar-refractivity contribution in [3.8, 4) is 0 Å². The topological polar surface area (TPSA) is 18.8 Å². The second-order valence-corrected chi connectivity index (χ2v) is 9.73. The van der Waals surface area contributed by atoms with E-state index in [0.29, 0.717) is 0 Å². The van der Waals surface area contributed by atoms with Crippen LogP contribution in [0.25, 0.3) is 0 Å². The van der Waals surface area contributed by atoms with Crippen molar-refractivity contribution in [1.29, 1.82) is 0 Å². The normalized spacial score (nSPS) is 11.1. The molecule has 5 aromatic carbocycles. The van der Waals surface area contributed by atoms with Gasteiger partial charge in [-0.2, -0.15) is 5.10 Å². The van der Waals surface area contributed by atoms with Crippen molar-refractivity contribution in [2.75, 3.05) is 9.91 Å². The van der Waals surface area contributed by atoms with Crippen LogP contribution in [-0.4, -0.2) is 6.21 Å². The maximum Gasteiger partial charge on any atom is 0.0652 e. The maximum atomic E-state index is 4.87. The summed E-state index contributed by atoms with van der Waals surface area (Å²) in [5, 5.41) is 6.83. The average molecular weight is 496 g/mol. The molecule has 5 aromatic rings. The second-order valence-electron chi connectivity index (χ2n) is 9.73. The number of nitrogens with zero attached hydrogens (tertiary/aromatic N) is 3. The molecule has 0 atom stereocenters. The van der Waals surface area contributed by atoms with E-state index in [0.717, 1.165) is 22.6 Å². The van der Waals surface area contributed by atoms with E-state index in [2.05, 4.69) is 118 Å². The van der Waals surface area contributed by atoms with Crippen molar-refractivity contribution >= 4 is 34.7 Å². The lowest BCUT2D eigenvalue weighted by Crippen LogP contribution is -2.13. The van der Waals surface area contributed by atoms with E-state index < -0.39 is 0 Å². The third-order valence-corrected chi connectivity index (χ3v) is 6.66. The highest BCUT2D eigenvalue weighted by atomic mass is 15.5. The highest BCUT2D eigenvalue weighted by molar-refractivity contribution is 5.85. The molecule has 0 heterocycles. The van der Waals surface area contributed by atoms with Crippen molar-refractivity contribution in [2.24, 2.45) is 5.10 Å². The molecule has 3 heteroatoms. The zero-order valence-electron chi connectivity index (χ0n) is 22.5. The highest BCUT2D eigenvalue weighted by Gasteiger charge is 2.16. The summed E-state index contributed by atoms with van der Waals surface area (Å²) in [7, 11) is 0. The number of hydrazone groups is 1. The number of hydrogen-bond acceptors (Lipinski definition) is 3. The van der Waals surface area contributed by atoms with Gasteiger partial charge < -0.3 is 4.90 Å². The molecule has 0 amide bonds. The molecule has 0 aliphatic rings. The Labute approximate surface area is 226 Å². The summed E-state index contributed by atoms with van der Waals surface area (Å²) in [5.74, 6) is 0. The van der Waals surface area contributed by atoms with Crippen molar-refractivity contribution in [3.05, 3.63) is 149 Å². The van der Waals surface area contributed by atoms with Crippen molar-refractivity contribution in [2.45, 2.75) is 27.7 Å². The quantitative estimate of drug-likeness (QED) is 0.165. The number of aryl methyl sites for hydroxylation is 4. The largest absolute Gasteiger partial charge is 0.310 e. The molecule has 0 aromatic heterocycles. The van der Waals surface area contributed by atoms with Gasteiger partial charge in [0.1, 0.15) is 0 Å². The number of rotatable bonds is 7. The van der Waals surface area contributed by atoms with E-state index in [1.165, 1.54) is 33.6 Å². The van der Waals surface area contributed by atoms with Gasteiger partial charge >= 0.3 is 0 Å². The predicted octanol–water partition coefficient (Wildman–Crippen LogP) is 9.56. The van der Waals surface area contributed by atoms with Gasteiger partial charge in [0.15, 0.2) is 0 Å². The Balaban J connectivity index is 1.50. The van der Waals surface area contributed by atoms with Crippen molar-refractivity contribution < 1.29 is 0 Å². The van der Waals surface area contributed by atoms with Crippen LogP contribution in [-0.2, 0) is 0 Å². The Bertz CT molecular complexity index is 1450. The first-order chi connectivity index (χ1) is 18.5. The molecule has 0 radical (unpaired) electrons. The van der Waals surface area contributed by atoms with Crippen LogP contribution in [0.5, 0.6) is 0 Å². The Morgan fingerprint density at radius 1 is 0.500 bits per heavy atom. The first kappa shape index (κ1) is 25.0. The van der Waals surface area contributed by atoms with Gasteiger partial charge in [-0.25, -0.2) is 5.01 Å². The van der Waals surface area contributed by atoms with Crippen molar-refractivity contribution in [1.82, 2.24) is 0 Å². The van der Waals surface area contributed by atoms with Crippen LogP contribution in [0, 0.1) is 27.7 Å². The van der Waals surface area contributed by atoms with E-state index in [1.54, 1.807) is 0 Å². The smallest absolute Gasteiger partial charge is 0.0652 e. The lowest BCUT2D eigenvalue weighted by molar-refractivity contribution is 1.09. The van der Waals surface area contributed by atoms with Gasteiger partial charge in [0.25, 0.3) is 0 Å². The average Bonchev–Trinajstić information content (AvgIpc) is 2.93. The van der Waals surface area contributed by atoms with E-state index in [1.807, 2.05) is 47.6 Å². The molecule has 0 aliphatic heterocycles. The molecular formula is C35H33N3. The molecule has 0 bridgehead atoms. The van der Waals surface area contributed by atoms with Gasteiger partial charge in [-0.3, -0.25) is 0 Å². The monoisotopic (exact) mass is 495 g/mol. The van der Waals surface area contributed by atoms with Crippen molar-refractivity contribution in [3.63, 3.8) is 0 Å². The molecule has 0 fully saturated rings. The first-order valence-electron chi connectivity index (χ1n) is 13.0. The van der Waals surface area contributed by atoms with Gasteiger partial charge in [-0.1, -0.05) is 83.9 Å². The molecule has 0 saturated heterocycles. The third kappa shape index (κ3) is 5.52. The summed E-state index contributed by atoms with van der Waals surface area (Å²) >= 11 is 0. The first-order valence-corrected chi connectivity index (χ1v) is 13.0. The van der Waals surface area contributed by atoms with Crippen LogP contribution in [0.4, 0.5) is 28.4 Å². The Hall–Kier alpha value is -4.63. The fourth-order valence-electron chi connectivity index (χ4n) is 4.78. The van der Waals surface area contributed by atoms with Crippen LogP contribution >= 0.6 is 0 Å².